The maximum absolute atomic E-state index is 13.1. The molecule has 9 heteroatoms. The van der Waals surface area contributed by atoms with E-state index in [9.17, 15) is 19.5 Å². The van der Waals surface area contributed by atoms with Crippen LogP contribution >= 0.6 is 0 Å². The first-order valence-corrected chi connectivity index (χ1v) is 11.6. The molecule has 3 aromatic rings. The summed E-state index contributed by atoms with van der Waals surface area (Å²) in [6.45, 7) is 0.714. The molecule has 2 fully saturated rings. The maximum Gasteiger partial charge on any atom is 0.412 e. The number of aryl methyl sites for hydroxylation is 1. The summed E-state index contributed by atoms with van der Waals surface area (Å²) in [5.74, 6) is -1.08. The number of hydrogen-bond donors (Lipinski definition) is 2. The number of rotatable bonds is 5. The van der Waals surface area contributed by atoms with E-state index in [1.807, 2.05) is 36.4 Å². The van der Waals surface area contributed by atoms with Crippen LogP contribution in [0.4, 0.5) is 10.6 Å². The molecule has 1 saturated heterocycles. The van der Waals surface area contributed by atoms with Crippen LogP contribution in [0.5, 0.6) is 0 Å². The predicted molar refractivity (Wildman–Crippen MR) is 126 cm³/mol. The fourth-order valence-electron chi connectivity index (χ4n) is 5.61. The summed E-state index contributed by atoms with van der Waals surface area (Å²) < 4.78 is 7.01. The zero-order valence-electron chi connectivity index (χ0n) is 19.1. The Morgan fingerprint density at radius 1 is 1.11 bits per heavy atom. The predicted octanol–water partition coefficient (Wildman–Crippen LogP) is 3.33. The molecular formula is C26H24N4O5. The van der Waals surface area contributed by atoms with Gasteiger partial charge in [-0.25, -0.2) is 4.79 Å². The number of nitrogens with zero attached hydrogens (tertiary/aromatic N) is 3. The van der Waals surface area contributed by atoms with Crippen molar-refractivity contribution in [2.75, 3.05) is 25.0 Å². The van der Waals surface area contributed by atoms with Crippen molar-refractivity contribution >= 4 is 23.8 Å². The van der Waals surface area contributed by atoms with E-state index in [4.69, 9.17) is 4.74 Å². The summed E-state index contributed by atoms with van der Waals surface area (Å²) >= 11 is 0. The fourth-order valence-corrected chi connectivity index (χ4v) is 5.61. The number of carboxylic acid groups (broad SMARTS) is 1. The summed E-state index contributed by atoms with van der Waals surface area (Å²) in [5.41, 5.74) is 3.88. The number of benzene rings is 2. The average Bonchev–Trinajstić information content (AvgIpc) is 3.13. The number of carbonyl (C=O) groups is 3. The second-order valence-electron chi connectivity index (χ2n) is 9.53. The highest BCUT2D eigenvalue weighted by atomic mass is 16.5. The molecule has 6 rings (SSSR count). The maximum atomic E-state index is 13.1. The Morgan fingerprint density at radius 2 is 1.77 bits per heavy atom. The van der Waals surface area contributed by atoms with Crippen molar-refractivity contribution in [3.8, 4) is 11.1 Å². The number of piperidine rings is 1. The molecule has 3 aliphatic rings. The number of anilines is 1. The van der Waals surface area contributed by atoms with Crippen LogP contribution in [0.2, 0.25) is 0 Å². The Bertz CT molecular complexity index is 1340. The first-order chi connectivity index (χ1) is 16.9. The number of aromatic nitrogens is 2. The number of aliphatic carboxylic acids is 1. The van der Waals surface area contributed by atoms with E-state index in [0.29, 0.717) is 13.0 Å². The van der Waals surface area contributed by atoms with Crippen LogP contribution in [-0.4, -0.2) is 57.5 Å². The Kier molecular flexibility index (Phi) is 4.70. The first-order valence-electron chi connectivity index (χ1n) is 11.6. The van der Waals surface area contributed by atoms with E-state index in [-0.39, 0.29) is 42.3 Å². The highest BCUT2D eigenvalue weighted by Crippen LogP contribution is 2.58. The quantitative estimate of drug-likeness (QED) is 0.589. The van der Waals surface area contributed by atoms with E-state index < -0.39 is 17.5 Å². The van der Waals surface area contributed by atoms with Gasteiger partial charge in [0.1, 0.15) is 18.0 Å². The minimum absolute atomic E-state index is 0.0147. The summed E-state index contributed by atoms with van der Waals surface area (Å²) in [6.07, 6.45) is 1.30. The van der Waals surface area contributed by atoms with Crippen LogP contribution in [0.25, 0.3) is 11.1 Å². The molecule has 2 aromatic carbocycles. The van der Waals surface area contributed by atoms with Gasteiger partial charge in [-0.05, 0) is 34.6 Å². The van der Waals surface area contributed by atoms with Gasteiger partial charge in [0.15, 0.2) is 0 Å². The van der Waals surface area contributed by atoms with Crippen LogP contribution in [0.1, 0.15) is 33.8 Å². The van der Waals surface area contributed by atoms with Gasteiger partial charge in [0, 0.05) is 26.1 Å². The van der Waals surface area contributed by atoms with Crippen molar-refractivity contribution in [2.24, 2.45) is 18.4 Å². The van der Waals surface area contributed by atoms with Crippen molar-refractivity contribution in [3.63, 3.8) is 0 Å². The van der Waals surface area contributed by atoms with Crippen molar-refractivity contribution in [1.29, 1.82) is 0 Å². The van der Waals surface area contributed by atoms with E-state index in [0.717, 1.165) is 22.3 Å². The van der Waals surface area contributed by atoms with Crippen LogP contribution in [-0.2, 0) is 16.6 Å². The number of amides is 2. The smallest absolute Gasteiger partial charge is 0.412 e. The highest BCUT2D eigenvalue weighted by Gasteiger charge is 2.66. The van der Waals surface area contributed by atoms with Crippen molar-refractivity contribution in [3.05, 3.63) is 71.4 Å². The largest absolute Gasteiger partial charge is 0.481 e. The van der Waals surface area contributed by atoms with E-state index in [2.05, 4.69) is 22.5 Å². The van der Waals surface area contributed by atoms with E-state index >= 15 is 0 Å². The van der Waals surface area contributed by atoms with Gasteiger partial charge in [0.2, 0.25) is 0 Å². The molecule has 0 radical (unpaired) electrons. The van der Waals surface area contributed by atoms with Gasteiger partial charge in [0.05, 0.1) is 11.6 Å². The monoisotopic (exact) mass is 472 g/mol. The third-order valence-corrected chi connectivity index (χ3v) is 7.59. The SMILES string of the molecule is Cn1ncc(C(=O)N2CC3CC3(C(=O)O)C2)c1NC(=O)OCC1c2ccccc2-c2ccccc21. The lowest BCUT2D eigenvalue weighted by atomic mass is 9.98. The van der Waals surface area contributed by atoms with Crippen LogP contribution in [0, 0.1) is 11.3 Å². The van der Waals surface area contributed by atoms with Crippen LogP contribution < -0.4 is 5.32 Å². The minimum atomic E-state index is -0.860. The minimum Gasteiger partial charge on any atom is -0.481 e. The number of carbonyl (C=O) groups excluding carboxylic acids is 2. The standard InChI is InChI=1S/C26H24N4O5/c1-29-22(20(11-27-29)23(31)30-12-15-10-26(15,14-30)24(32)33)28-25(34)35-13-21-18-8-4-2-6-16(18)17-7-3-5-9-19(17)21/h2-9,11,15,21H,10,12-14H2,1H3,(H,28,34)(H,32,33). The Balaban J connectivity index is 1.15. The van der Waals surface area contributed by atoms with Gasteiger partial charge in [-0.1, -0.05) is 48.5 Å². The molecule has 0 bridgehead atoms. The molecule has 2 atom stereocenters. The normalized spacial score (nSPS) is 21.7. The Hall–Kier alpha value is -4.14. The molecule has 35 heavy (non-hydrogen) atoms. The van der Waals surface area contributed by atoms with Gasteiger partial charge in [0.25, 0.3) is 5.91 Å². The molecule has 2 unspecified atom stereocenters. The Morgan fingerprint density at radius 3 is 2.40 bits per heavy atom. The van der Waals surface area contributed by atoms with Gasteiger partial charge < -0.3 is 14.7 Å². The van der Waals surface area contributed by atoms with Crippen molar-refractivity contribution in [1.82, 2.24) is 14.7 Å². The molecule has 1 aliphatic heterocycles. The third-order valence-electron chi connectivity index (χ3n) is 7.59. The topological polar surface area (TPSA) is 114 Å². The zero-order valence-corrected chi connectivity index (χ0v) is 19.1. The summed E-state index contributed by atoms with van der Waals surface area (Å²) in [7, 11) is 1.62. The summed E-state index contributed by atoms with van der Waals surface area (Å²) in [6, 6.07) is 16.2. The second-order valence-corrected chi connectivity index (χ2v) is 9.53. The van der Waals surface area contributed by atoms with Crippen molar-refractivity contribution < 1.29 is 24.2 Å². The molecule has 2 aliphatic carbocycles. The average molecular weight is 473 g/mol. The molecule has 2 heterocycles. The molecule has 0 spiro atoms. The molecule has 2 amide bonds. The number of nitrogens with one attached hydrogen (secondary N) is 1. The molecule has 9 nitrogen and oxygen atoms in total. The highest BCUT2D eigenvalue weighted by molar-refractivity contribution is 6.02. The van der Waals surface area contributed by atoms with Gasteiger partial charge in [-0.2, -0.15) is 5.10 Å². The number of carboxylic acids is 1. The number of hydrogen-bond acceptors (Lipinski definition) is 5. The van der Waals surface area contributed by atoms with E-state index in [1.54, 1.807) is 7.05 Å². The first kappa shape index (κ1) is 21.4. The number of likely N-dealkylation sites (tertiary alicyclic amines) is 1. The van der Waals surface area contributed by atoms with Gasteiger partial charge in [-0.15, -0.1) is 0 Å². The van der Waals surface area contributed by atoms with Gasteiger partial charge in [-0.3, -0.25) is 19.6 Å². The second kappa shape index (κ2) is 7.69. The molecule has 2 N–H and O–H groups in total. The van der Waals surface area contributed by atoms with Crippen LogP contribution in [0.15, 0.2) is 54.7 Å². The third kappa shape index (κ3) is 3.30. The van der Waals surface area contributed by atoms with Crippen molar-refractivity contribution in [2.45, 2.75) is 12.3 Å². The number of fused-ring (bicyclic) bond motifs is 4. The van der Waals surface area contributed by atoms with E-state index in [1.165, 1.54) is 15.8 Å². The lowest BCUT2D eigenvalue weighted by Gasteiger charge is -2.20. The fraction of sp³-hybridized carbons (Fsp3) is 0.308. The lowest BCUT2D eigenvalue weighted by Crippen LogP contribution is -2.34. The number of ether oxygens (including phenoxy) is 1. The van der Waals surface area contributed by atoms with Gasteiger partial charge >= 0.3 is 12.1 Å². The molecule has 178 valence electrons. The molecular weight excluding hydrogens is 448 g/mol. The molecule has 1 saturated carbocycles. The summed E-state index contributed by atoms with van der Waals surface area (Å²) in [4.78, 5) is 39.0. The zero-order chi connectivity index (χ0) is 24.3. The Labute approximate surface area is 201 Å². The molecule has 1 aromatic heterocycles. The lowest BCUT2D eigenvalue weighted by molar-refractivity contribution is -0.143. The summed E-state index contributed by atoms with van der Waals surface area (Å²) in [5, 5.41) is 16.3. The van der Waals surface area contributed by atoms with Crippen LogP contribution in [0.3, 0.4) is 0 Å².